The van der Waals surface area contributed by atoms with Gasteiger partial charge in [0.2, 0.25) is 0 Å². The summed E-state index contributed by atoms with van der Waals surface area (Å²) in [6, 6.07) is 8.68. The summed E-state index contributed by atoms with van der Waals surface area (Å²) in [5.74, 6) is 0.189. The first-order chi connectivity index (χ1) is 8.25. The smallest absolute Gasteiger partial charge is 0.185 e. The maximum Gasteiger partial charge on any atom is 0.185 e. The Morgan fingerprint density at radius 2 is 2.00 bits per heavy atom. The topological polar surface area (TPSA) is 67.6 Å². The van der Waals surface area contributed by atoms with Gasteiger partial charge < -0.3 is 11.5 Å². The molecule has 17 heavy (non-hydrogen) atoms. The summed E-state index contributed by atoms with van der Waals surface area (Å²) < 4.78 is 0. The maximum atomic E-state index is 5.29. The molecule has 1 aliphatic rings. The van der Waals surface area contributed by atoms with Crippen molar-refractivity contribution in [1.82, 2.24) is 4.90 Å². The van der Waals surface area contributed by atoms with Crippen LogP contribution in [0.2, 0.25) is 0 Å². The van der Waals surface area contributed by atoms with Crippen LogP contribution in [0.1, 0.15) is 17.5 Å². The second-order valence-corrected chi connectivity index (χ2v) is 4.45. The molecule has 0 aromatic heterocycles. The lowest BCUT2D eigenvalue weighted by Gasteiger charge is -2.28. The minimum absolute atomic E-state index is 0.189. The van der Waals surface area contributed by atoms with Crippen LogP contribution >= 0.6 is 0 Å². The van der Waals surface area contributed by atoms with E-state index in [1.54, 1.807) is 0 Å². The Kier molecular flexibility index (Phi) is 3.98. The van der Waals surface area contributed by atoms with Crippen LogP contribution in [0.15, 0.2) is 29.3 Å². The number of benzene rings is 1. The van der Waals surface area contributed by atoms with E-state index in [-0.39, 0.29) is 5.96 Å². The molecule has 0 saturated carbocycles. The van der Waals surface area contributed by atoms with Crippen molar-refractivity contribution in [3.05, 3.63) is 35.4 Å². The number of hydrogen-bond donors (Lipinski definition) is 2. The molecule has 1 heterocycles. The minimum Gasteiger partial charge on any atom is -0.370 e. The van der Waals surface area contributed by atoms with Crippen molar-refractivity contribution in [3.63, 3.8) is 0 Å². The van der Waals surface area contributed by atoms with E-state index in [4.69, 9.17) is 11.5 Å². The summed E-state index contributed by atoms with van der Waals surface area (Å²) in [5.41, 5.74) is 13.5. The van der Waals surface area contributed by atoms with Crippen LogP contribution in [0.3, 0.4) is 0 Å². The highest BCUT2D eigenvalue weighted by Crippen LogP contribution is 2.18. The van der Waals surface area contributed by atoms with E-state index in [0.717, 1.165) is 39.0 Å². The van der Waals surface area contributed by atoms with Gasteiger partial charge in [-0.05, 0) is 24.0 Å². The summed E-state index contributed by atoms with van der Waals surface area (Å²) in [6.45, 7) is 3.97. The molecule has 4 nitrogen and oxygen atoms in total. The summed E-state index contributed by atoms with van der Waals surface area (Å²) in [5, 5.41) is 0. The van der Waals surface area contributed by atoms with Gasteiger partial charge in [0.15, 0.2) is 5.96 Å². The number of aliphatic imine (C=N–C) groups is 1. The van der Waals surface area contributed by atoms with Crippen LogP contribution < -0.4 is 11.5 Å². The van der Waals surface area contributed by atoms with Crippen LogP contribution in [-0.2, 0) is 13.0 Å². The van der Waals surface area contributed by atoms with Crippen molar-refractivity contribution < 1.29 is 0 Å². The molecule has 4 N–H and O–H groups in total. The fourth-order valence-corrected chi connectivity index (χ4v) is 2.25. The summed E-state index contributed by atoms with van der Waals surface area (Å²) in [4.78, 5) is 6.46. The van der Waals surface area contributed by atoms with E-state index in [2.05, 4.69) is 34.2 Å². The maximum absolute atomic E-state index is 5.29. The van der Waals surface area contributed by atoms with Crippen LogP contribution in [0.25, 0.3) is 0 Å². The number of guanidine groups is 1. The Balaban J connectivity index is 1.80. The molecule has 1 aromatic rings. The lowest BCUT2D eigenvalue weighted by atomic mass is 10.00. The van der Waals surface area contributed by atoms with Crippen molar-refractivity contribution in [2.24, 2.45) is 16.5 Å². The van der Waals surface area contributed by atoms with E-state index < -0.39 is 0 Å². The van der Waals surface area contributed by atoms with Crippen LogP contribution in [0.5, 0.6) is 0 Å². The van der Waals surface area contributed by atoms with Crippen molar-refractivity contribution in [2.75, 3.05) is 19.6 Å². The molecule has 0 saturated heterocycles. The van der Waals surface area contributed by atoms with Crippen LogP contribution in [0.4, 0.5) is 0 Å². The monoisotopic (exact) mass is 232 g/mol. The standard InChI is InChI=1S/C13H20N4/c14-13(15)16-7-3-8-17-9-6-11-4-1-2-5-12(11)10-17/h1-2,4-5H,3,6-10H2,(H4,14,15,16). The molecule has 1 aliphatic heterocycles. The first-order valence-corrected chi connectivity index (χ1v) is 6.10. The first-order valence-electron chi connectivity index (χ1n) is 6.10. The van der Waals surface area contributed by atoms with E-state index >= 15 is 0 Å². The third-order valence-electron chi connectivity index (χ3n) is 3.14. The van der Waals surface area contributed by atoms with Gasteiger partial charge >= 0.3 is 0 Å². The predicted octanol–water partition coefficient (Wildman–Crippen LogP) is 0.708. The first kappa shape index (κ1) is 11.9. The quantitative estimate of drug-likeness (QED) is 0.456. The largest absolute Gasteiger partial charge is 0.370 e. The molecule has 0 radical (unpaired) electrons. The molecule has 4 heteroatoms. The van der Waals surface area contributed by atoms with Gasteiger partial charge in [0.05, 0.1) is 0 Å². The SMILES string of the molecule is NC(N)=NCCCN1CCc2ccccc2C1. The molecular weight excluding hydrogens is 212 g/mol. The van der Waals surface area contributed by atoms with Crippen LogP contribution in [-0.4, -0.2) is 30.5 Å². The molecule has 0 bridgehead atoms. The zero-order valence-electron chi connectivity index (χ0n) is 10.1. The van der Waals surface area contributed by atoms with Gasteiger partial charge in [0.1, 0.15) is 0 Å². The number of fused-ring (bicyclic) bond motifs is 1. The third kappa shape index (κ3) is 3.46. The van der Waals surface area contributed by atoms with E-state index in [9.17, 15) is 0 Å². The van der Waals surface area contributed by atoms with Crippen molar-refractivity contribution >= 4 is 5.96 Å². The van der Waals surface area contributed by atoms with Gasteiger partial charge in [-0.1, -0.05) is 24.3 Å². The summed E-state index contributed by atoms with van der Waals surface area (Å²) >= 11 is 0. The lowest BCUT2D eigenvalue weighted by molar-refractivity contribution is 0.252. The second-order valence-electron chi connectivity index (χ2n) is 4.45. The molecule has 0 fully saturated rings. The average Bonchev–Trinajstić information content (AvgIpc) is 2.34. The lowest BCUT2D eigenvalue weighted by Crippen LogP contribution is -2.31. The average molecular weight is 232 g/mol. The Morgan fingerprint density at radius 1 is 1.24 bits per heavy atom. The molecule has 1 aromatic carbocycles. The number of rotatable bonds is 4. The van der Waals surface area contributed by atoms with Gasteiger partial charge in [-0.3, -0.25) is 9.89 Å². The van der Waals surface area contributed by atoms with E-state index in [1.807, 2.05) is 0 Å². The molecule has 0 atom stereocenters. The van der Waals surface area contributed by atoms with Gasteiger partial charge in [-0.15, -0.1) is 0 Å². The molecule has 0 amide bonds. The minimum atomic E-state index is 0.189. The molecule has 2 rings (SSSR count). The number of nitrogens with zero attached hydrogens (tertiary/aromatic N) is 2. The molecule has 0 unspecified atom stereocenters. The van der Waals surface area contributed by atoms with Gasteiger partial charge in [-0.25, -0.2) is 0 Å². The van der Waals surface area contributed by atoms with Crippen molar-refractivity contribution in [2.45, 2.75) is 19.4 Å². The Morgan fingerprint density at radius 3 is 2.76 bits per heavy atom. The number of nitrogens with two attached hydrogens (primary N) is 2. The Labute approximate surface area is 102 Å². The van der Waals surface area contributed by atoms with Gasteiger partial charge in [-0.2, -0.15) is 0 Å². The fraction of sp³-hybridized carbons (Fsp3) is 0.462. The fourth-order valence-electron chi connectivity index (χ4n) is 2.25. The molecule has 92 valence electrons. The normalized spacial score (nSPS) is 15.3. The van der Waals surface area contributed by atoms with E-state index in [1.165, 1.54) is 11.1 Å². The van der Waals surface area contributed by atoms with Gasteiger partial charge in [0.25, 0.3) is 0 Å². The second kappa shape index (κ2) is 5.68. The van der Waals surface area contributed by atoms with Crippen molar-refractivity contribution in [3.8, 4) is 0 Å². The number of hydrogen-bond acceptors (Lipinski definition) is 2. The third-order valence-corrected chi connectivity index (χ3v) is 3.14. The summed E-state index contributed by atoms with van der Waals surface area (Å²) in [6.07, 6.45) is 2.17. The predicted molar refractivity (Wildman–Crippen MR) is 70.7 cm³/mol. The van der Waals surface area contributed by atoms with Crippen LogP contribution in [0, 0.1) is 0 Å². The van der Waals surface area contributed by atoms with Gasteiger partial charge in [0, 0.05) is 26.2 Å². The summed E-state index contributed by atoms with van der Waals surface area (Å²) in [7, 11) is 0. The Bertz CT molecular complexity index is 396. The molecule has 0 aliphatic carbocycles. The highest BCUT2D eigenvalue weighted by Gasteiger charge is 2.14. The molecule has 0 spiro atoms. The zero-order valence-corrected chi connectivity index (χ0v) is 10.1. The van der Waals surface area contributed by atoms with Crippen molar-refractivity contribution in [1.29, 1.82) is 0 Å². The van der Waals surface area contributed by atoms with E-state index in [0.29, 0.717) is 0 Å². The highest BCUT2D eigenvalue weighted by molar-refractivity contribution is 5.75. The zero-order chi connectivity index (χ0) is 12.1. The molecular formula is C13H20N4. The Hall–Kier alpha value is -1.55. The highest BCUT2D eigenvalue weighted by atomic mass is 15.1.